The zero-order valence-corrected chi connectivity index (χ0v) is 19.8. The normalized spacial score (nSPS) is 15.5. The van der Waals surface area contributed by atoms with Gasteiger partial charge in [0, 0.05) is 13.1 Å². The minimum Gasteiger partial charge on any atom is -0.493 e. The van der Waals surface area contributed by atoms with Crippen LogP contribution in [0.5, 0.6) is 5.75 Å². The van der Waals surface area contributed by atoms with Gasteiger partial charge in [0.25, 0.3) is 5.91 Å². The van der Waals surface area contributed by atoms with Gasteiger partial charge in [0.15, 0.2) is 0 Å². The topological polar surface area (TPSA) is 84.9 Å². The van der Waals surface area contributed by atoms with Crippen molar-refractivity contribution in [3.8, 4) is 5.75 Å². The molecule has 7 heteroatoms. The highest BCUT2D eigenvalue weighted by Gasteiger charge is 2.36. The van der Waals surface area contributed by atoms with Crippen LogP contribution in [0.1, 0.15) is 54.9 Å². The van der Waals surface area contributed by atoms with E-state index < -0.39 is 12.0 Å². The molecule has 1 N–H and O–H groups in total. The van der Waals surface area contributed by atoms with Crippen molar-refractivity contribution in [2.75, 3.05) is 26.3 Å². The molecule has 0 radical (unpaired) electrons. The minimum absolute atomic E-state index is 0.178. The maximum Gasteiger partial charge on any atom is 0.308 e. The Morgan fingerprint density at radius 2 is 1.76 bits per heavy atom. The van der Waals surface area contributed by atoms with E-state index in [1.807, 2.05) is 36.4 Å². The van der Waals surface area contributed by atoms with Gasteiger partial charge >= 0.3 is 5.97 Å². The summed E-state index contributed by atoms with van der Waals surface area (Å²) in [7, 11) is 0. The van der Waals surface area contributed by atoms with Crippen LogP contribution in [0.15, 0.2) is 54.6 Å². The van der Waals surface area contributed by atoms with Crippen molar-refractivity contribution in [2.24, 2.45) is 0 Å². The molecule has 0 saturated carbocycles. The summed E-state index contributed by atoms with van der Waals surface area (Å²) in [6.07, 6.45) is 4.36. The molecule has 3 rings (SSSR count). The standard InChI is InChI=1S/C27H34N2O5/c1-2-3-9-18-33-24-15-8-7-14-22(24)27(32)29-17-16-28-26(31)23(29)20-25(30)34-19-10-13-21-11-5-4-6-12-21/h4-8,11-12,14-15,23H,2-3,9-10,13,16-20H2,1H3,(H,28,31). The van der Waals surface area contributed by atoms with E-state index in [0.29, 0.717) is 37.4 Å². The lowest BCUT2D eigenvalue weighted by Crippen LogP contribution is -2.57. The third-order valence-electron chi connectivity index (χ3n) is 5.79. The van der Waals surface area contributed by atoms with Gasteiger partial charge in [-0.05, 0) is 37.0 Å². The van der Waals surface area contributed by atoms with Crippen molar-refractivity contribution in [1.29, 1.82) is 0 Å². The summed E-state index contributed by atoms with van der Waals surface area (Å²) in [6.45, 7) is 3.57. The molecule has 1 fully saturated rings. The lowest BCUT2D eigenvalue weighted by atomic mass is 10.1. The molecule has 0 spiro atoms. The van der Waals surface area contributed by atoms with E-state index in [-0.39, 0.29) is 24.8 Å². The molecule has 2 aromatic rings. The Morgan fingerprint density at radius 1 is 1.00 bits per heavy atom. The van der Waals surface area contributed by atoms with Gasteiger partial charge in [-0.3, -0.25) is 14.4 Å². The maximum atomic E-state index is 13.4. The number of unbranched alkanes of at least 4 members (excludes halogenated alkanes) is 2. The molecule has 1 aliphatic rings. The van der Waals surface area contributed by atoms with Crippen LogP contribution in [0.3, 0.4) is 0 Å². The predicted molar refractivity (Wildman–Crippen MR) is 130 cm³/mol. The van der Waals surface area contributed by atoms with Crippen LogP contribution < -0.4 is 10.1 Å². The van der Waals surface area contributed by atoms with Gasteiger partial charge in [0.05, 0.1) is 25.2 Å². The van der Waals surface area contributed by atoms with E-state index in [9.17, 15) is 14.4 Å². The lowest BCUT2D eigenvalue weighted by molar-refractivity contribution is -0.147. The largest absolute Gasteiger partial charge is 0.493 e. The summed E-state index contributed by atoms with van der Waals surface area (Å²) in [5.41, 5.74) is 1.58. The molecule has 1 heterocycles. The SMILES string of the molecule is CCCCCOc1ccccc1C(=O)N1CCNC(=O)C1CC(=O)OCCCc1ccccc1. The van der Waals surface area contributed by atoms with E-state index in [1.165, 1.54) is 10.5 Å². The average molecular weight is 467 g/mol. The number of hydrogen-bond donors (Lipinski definition) is 1. The second-order valence-corrected chi connectivity index (χ2v) is 8.37. The van der Waals surface area contributed by atoms with Gasteiger partial charge in [-0.2, -0.15) is 0 Å². The highest BCUT2D eigenvalue weighted by Crippen LogP contribution is 2.23. The van der Waals surface area contributed by atoms with Crippen LogP contribution in [0.25, 0.3) is 0 Å². The fraction of sp³-hybridized carbons (Fsp3) is 0.444. The summed E-state index contributed by atoms with van der Waals surface area (Å²) in [5, 5.41) is 2.75. The van der Waals surface area contributed by atoms with Crippen molar-refractivity contribution in [3.05, 3.63) is 65.7 Å². The first-order valence-electron chi connectivity index (χ1n) is 12.1. The molecule has 1 unspecified atom stereocenters. The summed E-state index contributed by atoms with van der Waals surface area (Å²) in [6, 6.07) is 16.1. The van der Waals surface area contributed by atoms with Crippen LogP contribution in [0.2, 0.25) is 0 Å². The molecule has 182 valence electrons. The summed E-state index contributed by atoms with van der Waals surface area (Å²) >= 11 is 0. The van der Waals surface area contributed by atoms with Gasteiger partial charge in [0.2, 0.25) is 5.91 Å². The van der Waals surface area contributed by atoms with Crippen molar-refractivity contribution >= 4 is 17.8 Å². The van der Waals surface area contributed by atoms with Gasteiger partial charge in [0.1, 0.15) is 11.8 Å². The van der Waals surface area contributed by atoms with Crippen LogP contribution in [-0.2, 0) is 20.7 Å². The highest BCUT2D eigenvalue weighted by molar-refractivity contribution is 6.01. The molecule has 0 aromatic heterocycles. The summed E-state index contributed by atoms with van der Waals surface area (Å²) in [4.78, 5) is 39.9. The molecular weight excluding hydrogens is 432 g/mol. The van der Waals surface area contributed by atoms with Crippen LogP contribution >= 0.6 is 0 Å². The Labute approximate surface area is 201 Å². The molecule has 0 aliphatic carbocycles. The number of rotatable bonds is 12. The van der Waals surface area contributed by atoms with E-state index in [4.69, 9.17) is 9.47 Å². The number of nitrogens with one attached hydrogen (secondary N) is 1. The predicted octanol–water partition coefficient (Wildman–Crippen LogP) is 3.76. The second-order valence-electron chi connectivity index (χ2n) is 8.37. The van der Waals surface area contributed by atoms with Gasteiger partial charge < -0.3 is 19.7 Å². The molecule has 1 saturated heterocycles. The molecule has 34 heavy (non-hydrogen) atoms. The summed E-state index contributed by atoms with van der Waals surface area (Å²) < 4.78 is 11.2. The number of carbonyl (C=O) groups is 3. The first-order valence-corrected chi connectivity index (χ1v) is 12.1. The van der Waals surface area contributed by atoms with Crippen molar-refractivity contribution < 1.29 is 23.9 Å². The van der Waals surface area contributed by atoms with E-state index in [0.717, 1.165) is 25.7 Å². The van der Waals surface area contributed by atoms with Crippen LogP contribution in [-0.4, -0.2) is 55.0 Å². The Bertz CT molecular complexity index is 947. The van der Waals surface area contributed by atoms with Crippen molar-refractivity contribution in [3.63, 3.8) is 0 Å². The molecule has 2 amide bonds. The zero-order valence-electron chi connectivity index (χ0n) is 19.8. The maximum absolute atomic E-state index is 13.4. The first-order chi connectivity index (χ1) is 16.6. The van der Waals surface area contributed by atoms with Gasteiger partial charge in [-0.1, -0.05) is 62.2 Å². The number of amides is 2. The fourth-order valence-corrected chi connectivity index (χ4v) is 3.94. The molecule has 1 aliphatic heterocycles. The number of carbonyl (C=O) groups excluding carboxylic acids is 3. The number of aryl methyl sites for hydroxylation is 1. The number of ether oxygens (including phenoxy) is 2. The van der Waals surface area contributed by atoms with Crippen LogP contribution in [0, 0.1) is 0 Å². The highest BCUT2D eigenvalue weighted by atomic mass is 16.5. The van der Waals surface area contributed by atoms with Crippen molar-refractivity contribution in [2.45, 2.75) is 51.5 Å². The molecule has 1 atom stereocenters. The molecule has 0 bridgehead atoms. The Kier molecular flexibility index (Phi) is 9.95. The monoisotopic (exact) mass is 466 g/mol. The van der Waals surface area contributed by atoms with E-state index in [1.54, 1.807) is 18.2 Å². The molecule has 7 nitrogen and oxygen atoms in total. The van der Waals surface area contributed by atoms with Gasteiger partial charge in [-0.25, -0.2) is 0 Å². The molecule has 2 aromatic carbocycles. The fourth-order valence-electron chi connectivity index (χ4n) is 3.94. The number of esters is 1. The average Bonchev–Trinajstić information content (AvgIpc) is 2.86. The lowest BCUT2D eigenvalue weighted by Gasteiger charge is -2.34. The van der Waals surface area contributed by atoms with E-state index in [2.05, 4.69) is 12.2 Å². The third kappa shape index (κ3) is 7.33. The first kappa shape index (κ1) is 25.3. The Morgan fingerprint density at radius 3 is 2.56 bits per heavy atom. The third-order valence-corrected chi connectivity index (χ3v) is 5.79. The summed E-state index contributed by atoms with van der Waals surface area (Å²) in [5.74, 6) is -0.654. The Balaban J connectivity index is 1.58. The Hall–Kier alpha value is -3.35. The smallest absolute Gasteiger partial charge is 0.308 e. The number of benzene rings is 2. The van der Waals surface area contributed by atoms with Crippen molar-refractivity contribution in [1.82, 2.24) is 10.2 Å². The number of nitrogens with zero attached hydrogens (tertiary/aromatic N) is 1. The number of hydrogen-bond acceptors (Lipinski definition) is 5. The minimum atomic E-state index is -0.906. The van der Waals surface area contributed by atoms with Crippen LogP contribution in [0.4, 0.5) is 0 Å². The zero-order chi connectivity index (χ0) is 24.2. The van der Waals surface area contributed by atoms with E-state index >= 15 is 0 Å². The number of piperazine rings is 1. The number of para-hydroxylation sites is 1. The second kappa shape index (κ2) is 13.4. The quantitative estimate of drug-likeness (QED) is 0.380. The van der Waals surface area contributed by atoms with Gasteiger partial charge in [-0.15, -0.1) is 0 Å². The molecular formula is C27H34N2O5.